The van der Waals surface area contributed by atoms with Gasteiger partial charge in [-0.1, -0.05) is 59.6 Å². The first-order valence-corrected chi connectivity index (χ1v) is 10.0. The van der Waals surface area contributed by atoms with Crippen LogP contribution in [0, 0.1) is 20.8 Å². The van der Waals surface area contributed by atoms with Crippen LogP contribution in [0.3, 0.4) is 0 Å². The molecule has 0 unspecified atom stereocenters. The van der Waals surface area contributed by atoms with Crippen molar-refractivity contribution in [2.45, 2.75) is 20.8 Å². The minimum Gasteiger partial charge on any atom is -0.350 e. The van der Waals surface area contributed by atoms with Crippen molar-refractivity contribution in [2.75, 3.05) is 10.2 Å². The topological polar surface area (TPSA) is 49.4 Å². The van der Waals surface area contributed by atoms with Crippen LogP contribution in [0.5, 0.6) is 0 Å². The number of amides is 2. The van der Waals surface area contributed by atoms with Crippen LogP contribution < -0.4 is 10.2 Å². The lowest BCUT2D eigenvalue weighted by Gasteiger charge is -2.18. The lowest BCUT2D eigenvalue weighted by molar-refractivity contribution is -0.120. The molecule has 1 aliphatic rings. The Bertz CT molecular complexity index is 1200. The molecule has 30 heavy (non-hydrogen) atoms. The summed E-state index contributed by atoms with van der Waals surface area (Å²) in [5.41, 5.74) is 5.57. The van der Waals surface area contributed by atoms with Crippen molar-refractivity contribution < 1.29 is 9.59 Å². The van der Waals surface area contributed by atoms with Gasteiger partial charge in [-0.3, -0.25) is 9.59 Å². The molecule has 0 radical (unpaired) electrons. The van der Waals surface area contributed by atoms with Crippen molar-refractivity contribution >= 4 is 40.4 Å². The quantitative estimate of drug-likeness (QED) is 0.558. The number of nitrogens with zero attached hydrogens (tertiary/aromatic N) is 1. The van der Waals surface area contributed by atoms with Crippen LogP contribution >= 0.6 is 11.6 Å². The third kappa shape index (κ3) is 3.51. The molecule has 0 saturated heterocycles. The number of anilines is 2. The van der Waals surface area contributed by atoms with Gasteiger partial charge in [-0.2, -0.15) is 0 Å². The fourth-order valence-electron chi connectivity index (χ4n) is 3.65. The minimum atomic E-state index is -0.376. The summed E-state index contributed by atoms with van der Waals surface area (Å²) < 4.78 is 0. The summed E-state index contributed by atoms with van der Waals surface area (Å²) in [5.74, 6) is -0.733. The second-order valence-corrected chi connectivity index (χ2v) is 7.87. The zero-order valence-electron chi connectivity index (χ0n) is 17.0. The zero-order chi connectivity index (χ0) is 21.4. The largest absolute Gasteiger partial charge is 0.350 e. The SMILES string of the molecule is Cc1ccc(NC2=C(c3ccc(Cl)cc3)C(=O)N(c3ccccc3C)C2=O)c(C)c1. The molecule has 2 amide bonds. The number of rotatable bonds is 4. The van der Waals surface area contributed by atoms with E-state index in [1.54, 1.807) is 30.3 Å². The molecule has 5 heteroatoms. The Morgan fingerprint density at radius 1 is 0.800 bits per heavy atom. The van der Waals surface area contributed by atoms with Gasteiger partial charge < -0.3 is 5.32 Å². The summed E-state index contributed by atoms with van der Waals surface area (Å²) >= 11 is 6.04. The lowest BCUT2D eigenvalue weighted by Crippen LogP contribution is -2.33. The van der Waals surface area contributed by atoms with Crippen LogP contribution in [0.25, 0.3) is 5.57 Å². The van der Waals surface area contributed by atoms with Gasteiger partial charge in [0.25, 0.3) is 11.8 Å². The number of carbonyl (C=O) groups excluding carboxylic acids is 2. The normalized spacial score (nSPS) is 13.9. The number of nitrogens with one attached hydrogen (secondary N) is 1. The highest BCUT2D eigenvalue weighted by molar-refractivity contribution is 6.46. The average molecular weight is 417 g/mol. The van der Waals surface area contributed by atoms with Crippen molar-refractivity contribution in [3.05, 3.63) is 99.7 Å². The van der Waals surface area contributed by atoms with E-state index in [9.17, 15) is 9.59 Å². The molecular weight excluding hydrogens is 396 g/mol. The number of aryl methyl sites for hydroxylation is 3. The molecule has 3 aromatic rings. The van der Waals surface area contributed by atoms with Crippen LogP contribution in [-0.2, 0) is 9.59 Å². The van der Waals surface area contributed by atoms with E-state index >= 15 is 0 Å². The fraction of sp³-hybridized carbons (Fsp3) is 0.120. The third-order valence-electron chi connectivity index (χ3n) is 5.21. The number of hydrogen-bond acceptors (Lipinski definition) is 3. The van der Waals surface area contributed by atoms with Crippen molar-refractivity contribution in [3.63, 3.8) is 0 Å². The maximum absolute atomic E-state index is 13.5. The predicted octanol–water partition coefficient (Wildman–Crippen LogP) is 5.66. The first kappa shape index (κ1) is 19.9. The molecular formula is C25H21ClN2O2. The molecule has 4 rings (SSSR count). The van der Waals surface area contributed by atoms with Gasteiger partial charge in [-0.25, -0.2) is 4.90 Å². The van der Waals surface area contributed by atoms with E-state index in [0.717, 1.165) is 22.4 Å². The number of para-hydroxylation sites is 1. The van der Waals surface area contributed by atoms with E-state index in [2.05, 4.69) is 5.32 Å². The van der Waals surface area contributed by atoms with Crippen molar-refractivity contribution in [3.8, 4) is 0 Å². The summed E-state index contributed by atoms with van der Waals surface area (Å²) in [4.78, 5) is 28.2. The second-order valence-electron chi connectivity index (χ2n) is 7.43. The third-order valence-corrected chi connectivity index (χ3v) is 5.47. The van der Waals surface area contributed by atoms with Gasteiger partial charge in [0.2, 0.25) is 0 Å². The Morgan fingerprint density at radius 3 is 2.17 bits per heavy atom. The van der Waals surface area contributed by atoms with Gasteiger partial charge in [0.15, 0.2) is 0 Å². The first-order valence-electron chi connectivity index (χ1n) is 9.65. The van der Waals surface area contributed by atoms with E-state index < -0.39 is 0 Å². The van der Waals surface area contributed by atoms with Crippen LogP contribution in [0.2, 0.25) is 5.02 Å². The lowest BCUT2D eigenvalue weighted by atomic mass is 10.0. The molecule has 1 N–H and O–H groups in total. The minimum absolute atomic E-state index is 0.262. The molecule has 0 fully saturated rings. The molecule has 0 saturated carbocycles. The Labute approximate surface area is 180 Å². The maximum Gasteiger partial charge on any atom is 0.282 e. The average Bonchev–Trinajstić information content (AvgIpc) is 2.95. The van der Waals surface area contributed by atoms with Gasteiger partial charge in [-0.05, 0) is 61.7 Å². The number of carbonyl (C=O) groups is 2. The van der Waals surface area contributed by atoms with Crippen molar-refractivity contribution in [1.82, 2.24) is 0 Å². The Kier molecular flexibility index (Phi) is 5.18. The molecule has 150 valence electrons. The number of halogens is 1. The molecule has 1 aliphatic heterocycles. The standard InChI is InChI=1S/C25H21ClN2O2/c1-15-8-13-20(17(3)14-15)27-23-22(18-9-11-19(26)12-10-18)24(29)28(25(23)30)21-7-5-4-6-16(21)2/h4-14,27H,1-3H3. The van der Waals surface area contributed by atoms with E-state index in [1.807, 2.05) is 57.2 Å². The first-order chi connectivity index (χ1) is 14.4. The van der Waals surface area contributed by atoms with Crippen LogP contribution in [-0.4, -0.2) is 11.8 Å². The zero-order valence-corrected chi connectivity index (χ0v) is 17.7. The van der Waals surface area contributed by atoms with Gasteiger partial charge in [0.1, 0.15) is 5.70 Å². The second kappa shape index (κ2) is 7.81. The molecule has 0 aliphatic carbocycles. The highest BCUT2D eigenvalue weighted by atomic mass is 35.5. The van der Waals surface area contributed by atoms with E-state index in [4.69, 9.17) is 11.6 Å². The van der Waals surface area contributed by atoms with E-state index in [-0.39, 0.29) is 17.5 Å². The molecule has 0 spiro atoms. The van der Waals surface area contributed by atoms with Gasteiger partial charge in [0, 0.05) is 10.7 Å². The van der Waals surface area contributed by atoms with Gasteiger partial charge >= 0.3 is 0 Å². The highest BCUT2D eigenvalue weighted by Crippen LogP contribution is 2.35. The molecule has 4 nitrogen and oxygen atoms in total. The molecule has 1 heterocycles. The summed E-state index contributed by atoms with van der Waals surface area (Å²) in [6, 6.07) is 20.2. The van der Waals surface area contributed by atoms with Crippen LogP contribution in [0.1, 0.15) is 22.3 Å². The Hall–Kier alpha value is -3.37. The van der Waals surface area contributed by atoms with Gasteiger partial charge in [-0.15, -0.1) is 0 Å². The number of benzene rings is 3. The predicted molar refractivity (Wildman–Crippen MR) is 122 cm³/mol. The van der Waals surface area contributed by atoms with Crippen LogP contribution in [0.15, 0.2) is 72.4 Å². The van der Waals surface area contributed by atoms with E-state index in [1.165, 1.54) is 4.90 Å². The van der Waals surface area contributed by atoms with Crippen molar-refractivity contribution in [1.29, 1.82) is 0 Å². The molecule has 0 bridgehead atoms. The summed E-state index contributed by atoms with van der Waals surface area (Å²) in [5, 5.41) is 3.80. The van der Waals surface area contributed by atoms with Crippen LogP contribution in [0.4, 0.5) is 11.4 Å². The maximum atomic E-state index is 13.5. The van der Waals surface area contributed by atoms with Crippen molar-refractivity contribution in [2.24, 2.45) is 0 Å². The summed E-state index contributed by atoms with van der Waals surface area (Å²) in [6.07, 6.45) is 0. The molecule has 3 aromatic carbocycles. The van der Waals surface area contributed by atoms with E-state index in [0.29, 0.717) is 21.8 Å². The monoisotopic (exact) mass is 416 g/mol. The fourth-order valence-corrected chi connectivity index (χ4v) is 3.78. The Balaban J connectivity index is 1.86. The smallest absolute Gasteiger partial charge is 0.282 e. The van der Waals surface area contributed by atoms with Gasteiger partial charge in [0.05, 0.1) is 11.3 Å². The Morgan fingerprint density at radius 2 is 1.50 bits per heavy atom. The molecule has 0 aromatic heterocycles. The number of hydrogen-bond donors (Lipinski definition) is 1. The summed E-state index contributed by atoms with van der Waals surface area (Å²) in [6.45, 7) is 5.87. The highest BCUT2D eigenvalue weighted by Gasteiger charge is 2.40. The summed E-state index contributed by atoms with van der Waals surface area (Å²) in [7, 11) is 0. The number of imide groups is 1. The molecule has 0 atom stereocenters.